The van der Waals surface area contributed by atoms with Crippen LogP contribution in [0, 0.1) is 11.7 Å². The highest BCUT2D eigenvalue weighted by Gasteiger charge is 2.38. The topological polar surface area (TPSA) is 113 Å². The van der Waals surface area contributed by atoms with E-state index in [1.54, 1.807) is 6.07 Å². The number of carboxylic acid groups (broad SMARTS) is 1. The van der Waals surface area contributed by atoms with Crippen LogP contribution >= 0.6 is 34.8 Å². The minimum atomic E-state index is -5.08. The zero-order chi connectivity index (χ0) is 31.4. The van der Waals surface area contributed by atoms with Crippen molar-refractivity contribution >= 4 is 56.7 Å². The highest BCUT2D eigenvalue weighted by Crippen LogP contribution is 2.33. The van der Waals surface area contributed by atoms with Gasteiger partial charge in [-0.2, -0.15) is 13.2 Å². The molecule has 2 N–H and O–H groups in total. The number of benzene rings is 2. The predicted octanol–water partition coefficient (Wildman–Crippen LogP) is 6.49. The van der Waals surface area contributed by atoms with Crippen LogP contribution in [0.3, 0.4) is 0 Å². The minimum absolute atomic E-state index is 0.0456. The van der Waals surface area contributed by atoms with Gasteiger partial charge in [-0.3, -0.25) is 9.69 Å². The van der Waals surface area contributed by atoms with Gasteiger partial charge in [0, 0.05) is 22.2 Å². The first-order chi connectivity index (χ1) is 19.5. The molecule has 0 unspecified atom stereocenters. The van der Waals surface area contributed by atoms with Crippen LogP contribution in [0.1, 0.15) is 54.6 Å². The highest BCUT2D eigenvalue weighted by atomic mass is 35.5. The number of nitrogens with zero attached hydrogens (tertiary/aromatic N) is 1. The van der Waals surface area contributed by atoms with Crippen molar-refractivity contribution in [2.45, 2.75) is 50.1 Å². The second kappa shape index (κ2) is 14.0. The van der Waals surface area contributed by atoms with Crippen LogP contribution in [0.5, 0.6) is 5.75 Å². The van der Waals surface area contributed by atoms with Crippen LogP contribution in [-0.2, 0) is 14.8 Å². The van der Waals surface area contributed by atoms with Crippen molar-refractivity contribution in [2.75, 3.05) is 19.7 Å². The van der Waals surface area contributed by atoms with E-state index in [1.807, 2.05) is 16.9 Å². The molecule has 1 amide bonds. The average molecular weight is 678 g/mol. The molecule has 0 bridgehead atoms. The Morgan fingerprint density at radius 3 is 2.10 bits per heavy atom. The molecule has 2 fully saturated rings. The summed E-state index contributed by atoms with van der Waals surface area (Å²) in [6.45, 7) is 4.19. The van der Waals surface area contributed by atoms with Gasteiger partial charge in [-0.25, -0.2) is 22.3 Å². The summed E-state index contributed by atoms with van der Waals surface area (Å²) >= 11 is 18.5. The molecule has 1 heterocycles. The minimum Gasteiger partial charge on any atom is -0.492 e. The molecule has 1 saturated heterocycles. The molecule has 16 heteroatoms. The van der Waals surface area contributed by atoms with E-state index < -0.39 is 44.7 Å². The second-order valence-corrected chi connectivity index (χ2v) is 13.2. The number of likely N-dealkylation sites (tertiary alicyclic amines) is 1. The van der Waals surface area contributed by atoms with Gasteiger partial charge in [0.25, 0.3) is 5.91 Å². The fourth-order valence-corrected chi connectivity index (χ4v) is 6.25. The maximum absolute atomic E-state index is 14.6. The number of piperidine rings is 1. The predicted molar refractivity (Wildman–Crippen MR) is 149 cm³/mol. The Morgan fingerprint density at radius 2 is 1.60 bits per heavy atom. The number of hydrogen-bond donors (Lipinski definition) is 2. The first-order valence-electron chi connectivity index (χ1n) is 12.7. The number of hydrogen-bond acceptors (Lipinski definition) is 6. The van der Waals surface area contributed by atoms with E-state index in [1.165, 1.54) is 0 Å². The zero-order valence-corrected chi connectivity index (χ0v) is 25.1. The molecular formula is C26H27Cl3F4N2O6S. The summed E-state index contributed by atoms with van der Waals surface area (Å²) in [6.07, 6.45) is -2.33. The molecule has 2 aliphatic rings. The Kier molecular flexibility index (Phi) is 11.4. The van der Waals surface area contributed by atoms with Crippen molar-refractivity contribution < 1.29 is 45.4 Å². The van der Waals surface area contributed by atoms with E-state index in [2.05, 4.69) is 11.8 Å². The molecule has 4 rings (SSSR count). The van der Waals surface area contributed by atoms with Crippen LogP contribution in [0.4, 0.5) is 17.6 Å². The number of ether oxygens (including phenoxy) is 1. The summed E-state index contributed by atoms with van der Waals surface area (Å²) in [7, 11) is -3.79. The van der Waals surface area contributed by atoms with Gasteiger partial charge >= 0.3 is 12.1 Å². The van der Waals surface area contributed by atoms with Gasteiger partial charge in [-0.1, -0.05) is 34.8 Å². The lowest BCUT2D eigenvalue weighted by molar-refractivity contribution is -0.192. The van der Waals surface area contributed by atoms with E-state index in [4.69, 9.17) is 49.4 Å². The fourth-order valence-electron chi connectivity index (χ4n) is 4.20. The molecule has 2 aromatic rings. The third kappa shape index (κ3) is 9.60. The quantitative estimate of drug-likeness (QED) is 0.307. The third-order valence-corrected chi connectivity index (χ3v) is 9.30. The SMILES string of the molecule is C[C@@H](c1cc(Cl)cc(Cl)c1)N1CCC(COc2cc(F)c(C(=O)NS(=O)(=O)C3CC3)cc2Cl)CC1.O=C(O)C(F)(F)F. The van der Waals surface area contributed by atoms with Crippen LogP contribution in [0.2, 0.25) is 15.1 Å². The lowest BCUT2D eigenvalue weighted by Gasteiger charge is -2.36. The first kappa shape index (κ1) is 34.2. The summed E-state index contributed by atoms with van der Waals surface area (Å²) in [5.41, 5.74) is 0.628. The molecule has 0 radical (unpaired) electrons. The van der Waals surface area contributed by atoms with E-state index in [-0.39, 0.29) is 22.7 Å². The molecule has 0 aromatic heterocycles. The van der Waals surface area contributed by atoms with Crippen molar-refractivity contribution in [3.8, 4) is 5.75 Å². The number of carbonyl (C=O) groups excluding carboxylic acids is 1. The van der Waals surface area contributed by atoms with Crippen molar-refractivity contribution in [3.63, 3.8) is 0 Å². The second-order valence-electron chi connectivity index (χ2n) is 9.91. The normalized spacial score (nSPS) is 17.1. The molecule has 232 valence electrons. The maximum Gasteiger partial charge on any atom is 0.490 e. The number of carbonyl (C=O) groups is 2. The molecule has 1 saturated carbocycles. The van der Waals surface area contributed by atoms with Crippen molar-refractivity contribution in [1.82, 2.24) is 9.62 Å². The van der Waals surface area contributed by atoms with Crippen LogP contribution in [-0.4, -0.2) is 61.4 Å². The third-order valence-electron chi connectivity index (χ3n) is 6.75. The lowest BCUT2D eigenvalue weighted by atomic mass is 9.95. The summed E-state index contributed by atoms with van der Waals surface area (Å²) in [5.74, 6) is -4.31. The number of alkyl halides is 3. The first-order valence-corrected chi connectivity index (χ1v) is 15.3. The van der Waals surface area contributed by atoms with Crippen LogP contribution < -0.4 is 9.46 Å². The Labute approximate surface area is 254 Å². The molecular weight excluding hydrogens is 651 g/mol. The Morgan fingerprint density at radius 1 is 1.05 bits per heavy atom. The Balaban J connectivity index is 0.000000616. The van der Waals surface area contributed by atoms with Gasteiger partial charge in [0.05, 0.1) is 22.4 Å². The van der Waals surface area contributed by atoms with Gasteiger partial charge < -0.3 is 9.84 Å². The average Bonchev–Trinajstić information content (AvgIpc) is 3.74. The number of amides is 1. The van der Waals surface area contributed by atoms with E-state index in [0.717, 1.165) is 43.6 Å². The smallest absolute Gasteiger partial charge is 0.490 e. The summed E-state index contributed by atoms with van der Waals surface area (Å²) in [6, 6.07) is 7.86. The summed E-state index contributed by atoms with van der Waals surface area (Å²) in [5, 5.41) is 7.80. The molecule has 42 heavy (non-hydrogen) atoms. The van der Waals surface area contributed by atoms with Crippen molar-refractivity contribution in [1.29, 1.82) is 0 Å². The number of rotatable bonds is 8. The van der Waals surface area contributed by atoms with Gasteiger partial charge in [-0.05, 0) is 81.4 Å². The molecule has 1 atom stereocenters. The number of sulfonamides is 1. The van der Waals surface area contributed by atoms with Crippen molar-refractivity contribution in [3.05, 3.63) is 62.3 Å². The number of nitrogens with one attached hydrogen (secondary N) is 1. The molecule has 2 aromatic carbocycles. The zero-order valence-electron chi connectivity index (χ0n) is 22.1. The summed E-state index contributed by atoms with van der Waals surface area (Å²) < 4.78 is 77.9. The number of halogens is 7. The molecule has 1 aliphatic heterocycles. The summed E-state index contributed by atoms with van der Waals surface area (Å²) in [4.78, 5) is 23.5. The van der Waals surface area contributed by atoms with Gasteiger partial charge in [-0.15, -0.1) is 0 Å². The largest absolute Gasteiger partial charge is 0.492 e. The van der Waals surface area contributed by atoms with Gasteiger partial charge in [0.2, 0.25) is 10.0 Å². The van der Waals surface area contributed by atoms with Crippen molar-refractivity contribution in [2.24, 2.45) is 5.92 Å². The number of carboxylic acids is 1. The van der Waals surface area contributed by atoms with Crippen LogP contribution in [0.15, 0.2) is 30.3 Å². The van der Waals surface area contributed by atoms with E-state index in [0.29, 0.717) is 29.5 Å². The molecule has 8 nitrogen and oxygen atoms in total. The standard InChI is InChI=1S/C24H26Cl3FN2O4S.C2HF3O2/c1-14(16-8-17(25)10-18(26)9-16)30-6-4-15(5-7-30)13-34-23-12-22(28)20(11-21(23)27)24(31)29-35(32,33)19-2-3-19;3-2(4,5)1(6)7/h8-12,14-15,19H,2-7,13H2,1H3,(H,29,31);(H,6,7)/t14-;/m0./s1. The van der Waals surface area contributed by atoms with E-state index in [9.17, 15) is 30.8 Å². The van der Waals surface area contributed by atoms with Gasteiger partial charge in [0.1, 0.15) is 11.6 Å². The van der Waals surface area contributed by atoms with Crippen LogP contribution in [0.25, 0.3) is 0 Å². The van der Waals surface area contributed by atoms with E-state index >= 15 is 0 Å². The maximum atomic E-state index is 14.6. The Bertz CT molecular complexity index is 1400. The molecule has 1 aliphatic carbocycles. The Hall–Kier alpha value is -2.32. The lowest BCUT2D eigenvalue weighted by Crippen LogP contribution is -2.37. The monoisotopic (exact) mass is 676 g/mol. The molecule has 0 spiro atoms. The van der Waals surface area contributed by atoms with Gasteiger partial charge in [0.15, 0.2) is 0 Å². The fraction of sp³-hybridized carbons (Fsp3) is 0.462. The highest BCUT2D eigenvalue weighted by molar-refractivity contribution is 7.91. The number of aliphatic carboxylic acids is 1.